The van der Waals surface area contributed by atoms with E-state index in [2.05, 4.69) is 15.7 Å². The van der Waals surface area contributed by atoms with Gasteiger partial charge in [0.1, 0.15) is 11.9 Å². The maximum absolute atomic E-state index is 12.9. The minimum atomic E-state index is -0.481. The van der Waals surface area contributed by atoms with E-state index in [1.165, 1.54) is 16.8 Å². The van der Waals surface area contributed by atoms with Crippen LogP contribution in [0.2, 0.25) is 0 Å². The van der Waals surface area contributed by atoms with Gasteiger partial charge in [-0.15, -0.1) is 0 Å². The fourth-order valence-electron chi connectivity index (χ4n) is 3.43. The number of amides is 2. The Balaban J connectivity index is 1.51. The van der Waals surface area contributed by atoms with Gasteiger partial charge in [0, 0.05) is 36.1 Å². The minimum absolute atomic E-state index is 0.0370. The number of anilines is 2. The molecule has 1 aliphatic heterocycles. The number of aromatic nitrogens is 2. The molecule has 1 fully saturated rings. The molecule has 32 heavy (non-hydrogen) atoms. The van der Waals surface area contributed by atoms with Gasteiger partial charge in [-0.3, -0.25) is 19.7 Å². The van der Waals surface area contributed by atoms with Gasteiger partial charge in [-0.05, 0) is 50.1 Å². The van der Waals surface area contributed by atoms with E-state index in [1.54, 1.807) is 49.4 Å². The second kappa shape index (κ2) is 8.98. The highest BCUT2D eigenvalue weighted by atomic mass is 16.6. The molecule has 2 heterocycles. The number of nitro groups is 1. The van der Waals surface area contributed by atoms with Crippen molar-refractivity contribution in [1.29, 1.82) is 0 Å². The summed E-state index contributed by atoms with van der Waals surface area (Å²) in [5.74, 6) is -0.205. The molecule has 3 aromatic rings. The average Bonchev–Trinajstić information content (AvgIpc) is 3.44. The molecule has 2 aromatic carbocycles. The second-order valence-corrected chi connectivity index (χ2v) is 7.38. The smallest absolute Gasteiger partial charge is 0.269 e. The molecule has 1 aliphatic rings. The summed E-state index contributed by atoms with van der Waals surface area (Å²) in [7, 11) is 0. The number of carbonyl (C=O) groups excluding carboxylic acids is 2. The zero-order valence-electron chi connectivity index (χ0n) is 17.3. The molecule has 0 spiro atoms. The van der Waals surface area contributed by atoms with Crippen LogP contribution in [0.5, 0.6) is 0 Å². The lowest BCUT2D eigenvalue weighted by molar-refractivity contribution is -0.384. The molecule has 0 radical (unpaired) electrons. The first-order chi connectivity index (χ1) is 15.4. The van der Waals surface area contributed by atoms with Crippen LogP contribution in [0.4, 0.5) is 17.2 Å². The Morgan fingerprint density at radius 1 is 1.16 bits per heavy atom. The topological polar surface area (TPSA) is 128 Å². The van der Waals surface area contributed by atoms with Gasteiger partial charge in [-0.1, -0.05) is 6.07 Å². The molecule has 1 saturated heterocycles. The lowest BCUT2D eigenvalue weighted by atomic mass is 10.1. The molecule has 1 atom stereocenters. The summed E-state index contributed by atoms with van der Waals surface area (Å²) in [6.45, 7) is 2.35. The van der Waals surface area contributed by atoms with Crippen molar-refractivity contribution in [2.75, 3.05) is 17.2 Å². The molecule has 0 aliphatic carbocycles. The van der Waals surface area contributed by atoms with Crippen LogP contribution in [-0.2, 0) is 9.53 Å². The summed E-state index contributed by atoms with van der Waals surface area (Å²) in [6.07, 6.45) is 1.06. The van der Waals surface area contributed by atoms with Crippen molar-refractivity contribution < 1.29 is 19.2 Å². The quantitative estimate of drug-likeness (QED) is 0.451. The molecular formula is C22H21N5O5. The maximum atomic E-state index is 12.9. The summed E-state index contributed by atoms with van der Waals surface area (Å²) >= 11 is 0. The summed E-state index contributed by atoms with van der Waals surface area (Å²) in [5, 5.41) is 20.8. The molecule has 1 aromatic heterocycles. The number of nitrogens with one attached hydrogen (secondary N) is 2. The number of nitrogens with zero attached hydrogens (tertiary/aromatic N) is 3. The van der Waals surface area contributed by atoms with Crippen molar-refractivity contribution >= 4 is 29.0 Å². The van der Waals surface area contributed by atoms with E-state index < -0.39 is 11.0 Å². The maximum Gasteiger partial charge on any atom is 0.269 e. The van der Waals surface area contributed by atoms with E-state index in [0.717, 1.165) is 6.42 Å². The molecule has 4 rings (SSSR count). The number of hydrogen-bond acceptors (Lipinski definition) is 6. The lowest BCUT2D eigenvalue weighted by Gasteiger charge is -2.12. The standard InChI is InChI=1S/C22H21N5O5/c1-14-12-20(26(25-14)17-7-9-18(10-8-17)27(30)31)24-21(28)15-4-2-5-16(13-15)23-22(29)19-6-3-11-32-19/h2,4-5,7-10,12-13,19H,3,6,11H2,1H3,(H,23,29)(H,24,28). The molecule has 2 N–H and O–H groups in total. The molecular weight excluding hydrogens is 414 g/mol. The lowest BCUT2D eigenvalue weighted by Crippen LogP contribution is -2.27. The van der Waals surface area contributed by atoms with E-state index >= 15 is 0 Å². The van der Waals surface area contributed by atoms with Crippen molar-refractivity contribution in [3.05, 3.63) is 76.0 Å². The number of carbonyl (C=O) groups is 2. The van der Waals surface area contributed by atoms with E-state index in [1.807, 2.05) is 0 Å². The molecule has 2 amide bonds. The molecule has 1 unspecified atom stereocenters. The normalized spacial score (nSPS) is 15.3. The molecule has 0 bridgehead atoms. The Bertz CT molecular complexity index is 1170. The first-order valence-electron chi connectivity index (χ1n) is 10.1. The third-order valence-corrected chi connectivity index (χ3v) is 4.99. The Kier molecular flexibility index (Phi) is 5.95. The third kappa shape index (κ3) is 4.65. The fourth-order valence-corrected chi connectivity index (χ4v) is 3.43. The summed E-state index contributed by atoms with van der Waals surface area (Å²) in [6, 6.07) is 14.2. The molecule has 10 nitrogen and oxygen atoms in total. The third-order valence-electron chi connectivity index (χ3n) is 4.99. The van der Waals surface area contributed by atoms with E-state index in [-0.39, 0.29) is 17.5 Å². The predicted octanol–water partition coefficient (Wildman–Crippen LogP) is 3.46. The highest BCUT2D eigenvalue weighted by Crippen LogP contribution is 2.22. The zero-order valence-corrected chi connectivity index (χ0v) is 17.3. The number of aryl methyl sites for hydroxylation is 1. The fraction of sp³-hybridized carbons (Fsp3) is 0.227. The number of benzene rings is 2. The number of nitro benzene ring substituents is 1. The summed E-state index contributed by atoms with van der Waals surface area (Å²) in [4.78, 5) is 35.5. The Labute approximate surface area is 183 Å². The molecule has 0 saturated carbocycles. The SMILES string of the molecule is Cc1cc(NC(=O)c2cccc(NC(=O)C3CCCO3)c2)n(-c2ccc([N+](=O)[O-])cc2)n1. The van der Waals surface area contributed by atoms with Crippen molar-refractivity contribution in [1.82, 2.24) is 9.78 Å². The second-order valence-electron chi connectivity index (χ2n) is 7.38. The minimum Gasteiger partial charge on any atom is -0.368 e. The Morgan fingerprint density at radius 3 is 2.62 bits per heavy atom. The number of rotatable bonds is 6. The van der Waals surface area contributed by atoms with Crippen LogP contribution < -0.4 is 10.6 Å². The summed E-state index contributed by atoms with van der Waals surface area (Å²) in [5.41, 5.74) is 2.04. The van der Waals surface area contributed by atoms with Crippen LogP contribution in [0.25, 0.3) is 5.69 Å². The molecule has 10 heteroatoms. The summed E-state index contributed by atoms with van der Waals surface area (Å²) < 4.78 is 6.88. The van der Waals surface area contributed by atoms with E-state index in [0.29, 0.717) is 41.5 Å². The van der Waals surface area contributed by atoms with Gasteiger partial charge in [0.2, 0.25) is 0 Å². The van der Waals surface area contributed by atoms with E-state index in [4.69, 9.17) is 4.74 Å². The van der Waals surface area contributed by atoms with Gasteiger partial charge in [-0.2, -0.15) is 5.10 Å². The largest absolute Gasteiger partial charge is 0.368 e. The zero-order chi connectivity index (χ0) is 22.7. The number of non-ortho nitro benzene ring substituents is 1. The van der Waals surface area contributed by atoms with Crippen LogP contribution >= 0.6 is 0 Å². The van der Waals surface area contributed by atoms with Crippen LogP contribution in [0, 0.1) is 17.0 Å². The van der Waals surface area contributed by atoms with Gasteiger partial charge in [0.15, 0.2) is 0 Å². The predicted molar refractivity (Wildman–Crippen MR) is 117 cm³/mol. The molecule has 164 valence electrons. The van der Waals surface area contributed by atoms with Crippen LogP contribution in [0.1, 0.15) is 28.9 Å². The first-order valence-corrected chi connectivity index (χ1v) is 10.1. The average molecular weight is 435 g/mol. The van der Waals surface area contributed by atoms with Crippen molar-refractivity contribution in [3.8, 4) is 5.69 Å². The highest BCUT2D eigenvalue weighted by Gasteiger charge is 2.23. The van der Waals surface area contributed by atoms with E-state index in [9.17, 15) is 19.7 Å². The Hall–Kier alpha value is -4.05. The van der Waals surface area contributed by atoms with Gasteiger partial charge >= 0.3 is 0 Å². The van der Waals surface area contributed by atoms with Crippen LogP contribution in [-0.4, -0.2) is 39.2 Å². The van der Waals surface area contributed by atoms with Crippen molar-refractivity contribution in [3.63, 3.8) is 0 Å². The van der Waals surface area contributed by atoms with Crippen molar-refractivity contribution in [2.24, 2.45) is 0 Å². The first kappa shape index (κ1) is 21.2. The van der Waals surface area contributed by atoms with Gasteiger partial charge < -0.3 is 15.4 Å². The van der Waals surface area contributed by atoms with Gasteiger partial charge in [-0.25, -0.2) is 4.68 Å². The number of ether oxygens (including phenoxy) is 1. The van der Waals surface area contributed by atoms with Crippen LogP contribution in [0.3, 0.4) is 0 Å². The van der Waals surface area contributed by atoms with Gasteiger partial charge in [0.05, 0.1) is 16.3 Å². The van der Waals surface area contributed by atoms with Crippen LogP contribution in [0.15, 0.2) is 54.6 Å². The highest BCUT2D eigenvalue weighted by molar-refractivity contribution is 6.05. The monoisotopic (exact) mass is 435 g/mol. The van der Waals surface area contributed by atoms with Crippen molar-refractivity contribution in [2.45, 2.75) is 25.9 Å². The Morgan fingerprint density at radius 2 is 1.94 bits per heavy atom. The number of hydrogen-bond donors (Lipinski definition) is 2. The van der Waals surface area contributed by atoms with Gasteiger partial charge in [0.25, 0.3) is 17.5 Å².